The second kappa shape index (κ2) is 13.1. The fourth-order valence-electron chi connectivity index (χ4n) is 0.910. The highest BCUT2D eigenvalue weighted by molar-refractivity contribution is 7.50. The summed E-state index contributed by atoms with van der Waals surface area (Å²) in [5, 5.41) is 0. The molecular formula is C15H15O10P. The molecule has 0 heterocycles. The molecule has 0 rings (SSSR count). The zero-order valence-corrected chi connectivity index (χ0v) is 15.0. The van der Waals surface area contributed by atoms with Crippen molar-refractivity contribution in [1.29, 1.82) is 0 Å². The van der Waals surface area contributed by atoms with Gasteiger partial charge in [-0.2, -0.15) is 4.57 Å². The van der Waals surface area contributed by atoms with Crippen LogP contribution in [0.4, 0.5) is 14.4 Å². The molecule has 0 fully saturated rings. The molecule has 10 nitrogen and oxygen atoms in total. The highest BCUT2D eigenvalue weighted by Crippen LogP contribution is 2.50. The molecule has 0 aromatic carbocycles. The van der Waals surface area contributed by atoms with Gasteiger partial charge in [0.05, 0.1) is 0 Å². The summed E-state index contributed by atoms with van der Waals surface area (Å²) in [5.41, 5.74) is 0. The van der Waals surface area contributed by atoms with Gasteiger partial charge >= 0.3 is 26.3 Å². The van der Waals surface area contributed by atoms with Crippen LogP contribution in [0.5, 0.6) is 0 Å². The first-order chi connectivity index (χ1) is 12.4. The lowest BCUT2D eigenvalue weighted by molar-refractivity contribution is 0.0572. The predicted molar refractivity (Wildman–Crippen MR) is 85.3 cm³/mol. The number of phosphoric ester groups is 1. The molecule has 0 atom stereocenters. The minimum atomic E-state index is -5.10. The Labute approximate surface area is 150 Å². The van der Waals surface area contributed by atoms with Gasteiger partial charge in [0.2, 0.25) is 0 Å². The zero-order valence-electron chi connectivity index (χ0n) is 14.2. The van der Waals surface area contributed by atoms with Crippen molar-refractivity contribution in [2.75, 3.05) is 19.8 Å². The van der Waals surface area contributed by atoms with Gasteiger partial charge in [0.25, 0.3) is 0 Å². The molecule has 0 amide bonds. The Hall–Kier alpha value is -3.28. The molecule has 0 saturated carbocycles. The molecule has 0 bridgehead atoms. The Morgan fingerprint density at radius 2 is 0.923 bits per heavy atom. The molecule has 0 aliphatic carbocycles. The number of rotatable bonds is 6. The Morgan fingerprint density at radius 3 is 1.15 bits per heavy atom. The summed E-state index contributed by atoms with van der Waals surface area (Å²) in [6.45, 7) is 3.25. The summed E-state index contributed by atoms with van der Waals surface area (Å²) >= 11 is 0. The van der Waals surface area contributed by atoms with Gasteiger partial charge < -0.3 is 27.8 Å². The number of hydrogen-bond donors (Lipinski definition) is 0. The van der Waals surface area contributed by atoms with Crippen LogP contribution < -0.4 is 0 Å². The smallest absolute Gasteiger partial charge is 0.421 e. The van der Waals surface area contributed by atoms with Crippen LogP contribution in [0.3, 0.4) is 0 Å². The van der Waals surface area contributed by atoms with Gasteiger partial charge in [-0.05, 0) is 20.8 Å². The lowest BCUT2D eigenvalue weighted by Gasteiger charge is -2.14. The predicted octanol–water partition coefficient (Wildman–Crippen LogP) is 2.62. The fraction of sp³-hybridized carbons (Fsp3) is 0.400. The maximum absolute atomic E-state index is 12.3. The van der Waals surface area contributed by atoms with E-state index in [1.807, 2.05) is 0 Å². The Morgan fingerprint density at radius 1 is 0.654 bits per heavy atom. The maximum atomic E-state index is 12.3. The lowest BCUT2D eigenvalue weighted by Crippen LogP contribution is -2.16. The van der Waals surface area contributed by atoms with E-state index in [0.717, 1.165) is 0 Å². The van der Waals surface area contributed by atoms with Gasteiger partial charge in [0, 0.05) is 0 Å². The first-order valence-electron chi connectivity index (χ1n) is 6.74. The van der Waals surface area contributed by atoms with Crippen LogP contribution in [0.1, 0.15) is 20.8 Å². The third kappa shape index (κ3) is 11.3. The summed E-state index contributed by atoms with van der Waals surface area (Å²) in [6.07, 6.45) is -4.71. The molecule has 0 aliphatic heterocycles. The zero-order chi connectivity index (χ0) is 19.8. The molecule has 11 heteroatoms. The summed E-state index contributed by atoms with van der Waals surface area (Å²) < 4.78 is 38.3. The SMILES string of the molecule is CC#CCOC(=O)OP(=O)(OC(=O)OCC#CC)OC(=O)OCC#CC. The van der Waals surface area contributed by atoms with Crippen molar-refractivity contribution in [2.45, 2.75) is 20.8 Å². The molecule has 26 heavy (non-hydrogen) atoms. The lowest BCUT2D eigenvalue weighted by atomic mass is 10.6. The van der Waals surface area contributed by atoms with Crippen LogP contribution >= 0.6 is 7.82 Å². The summed E-state index contributed by atoms with van der Waals surface area (Å²) in [4.78, 5) is 34.3. The van der Waals surface area contributed by atoms with E-state index >= 15 is 0 Å². The first kappa shape index (κ1) is 22.7. The molecule has 0 N–H and O–H groups in total. The summed E-state index contributed by atoms with van der Waals surface area (Å²) in [6, 6.07) is 0. The van der Waals surface area contributed by atoms with Gasteiger partial charge in [-0.3, -0.25) is 0 Å². The minimum absolute atomic E-state index is 0.400. The van der Waals surface area contributed by atoms with Crippen molar-refractivity contribution < 1.29 is 46.7 Å². The standard InChI is InChI=1S/C15H15O10P/c1-4-7-10-20-13(16)23-26(19,24-14(17)21-11-8-5-2)25-15(18)22-12-9-6-3/h10-12H2,1-3H3. The first-order valence-corrected chi connectivity index (χ1v) is 8.20. The molecule has 0 aromatic heterocycles. The normalized spacial score (nSPS) is 8.73. The van der Waals surface area contributed by atoms with E-state index in [1.54, 1.807) is 0 Å². The van der Waals surface area contributed by atoms with Crippen molar-refractivity contribution >= 4 is 26.3 Å². The van der Waals surface area contributed by atoms with E-state index in [2.05, 4.69) is 63.3 Å². The third-order valence-electron chi connectivity index (χ3n) is 1.88. The molecule has 0 unspecified atom stereocenters. The van der Waals surface area contributed by atoms with E-state index in [1.165, 1.54) is 20.8 Å². The number of carbonyl (C=O) groups excluding carboxylic acids is 3. The highest BCUT2D eigenvalue weighted by atomic mass is 31.2. The molecular weight excluding hydrogens is 371 g/mol. The number of carbonyl (C=O) groups is 3. The van der Waals surface area contributed by atoms with Crippen LogP contribution in [-0.4, -0.2) is 38.3 Å². The second-order valence-electron chi connectivity index (χ2n) is 3.62. The molecule has 0 spiro atoms. The maximum Gasteiger partial charge on any atom is 0.661 e. The highest BCUT2D eigenvalue weighted by Gasteiger charge is 2.42. The molecule has 0 aliphatic rings. The Kier molecular flexibility index (Phi) is 11.4. The van der Waals surface area contributed by atoms with Crippen molar-refractivity contribution in [3.05, 3.63) is 0 Å². The summed E-state index contributed by atoms with van der Waals surface area (Å²) in [5.74, 6) is 14.3. The average Bonchev–Trinajstić information content (AvgIpc) is 2.55. The van der Waals surface area contributed by atoms with Gasteiger partial charge in [0.15, 0.2) is 19.8 Å². The fourth-order valence-corrected chi connectivity index (χ4v) is 1.73. The monoisotopic (exact) mass is 386 g/mol. The van der Waals surface area contributed by atoms with E-state index in [4.69, 9.17) is 0 Å². The van der Waals surface area contributed by atoms with Crippen LogP contribution in [-0.2, 0) is 32.3 Å². The number of hydrogen-bond acceptors (Lipinski definition) is 10. The van der Waals surface area contributed by atoms with Crippen molar-refractivity contribution in [3.8, 4) is 35.5 Å². The van der Waals surface area contributed by atoms with E-state index in [9.17, 15) is 18.9 Å². The molecule has 0 saturated heterocycles. The van der Waals surface area contributed by atoms with Crippen LogP contribution in [0.25, 0.3) is 0 Å². The van der Waals surface area contributed by atoms with Crippen LogP contribution in [0.15, 0.2) is 0 Å². The van der Waals surface area contributed by atoms with Gasteiger partial charge in [-0.25, -0.2) is 14.4 Å². The third-order valence-corrected chi connectivity index (χ3v) is 2.99. The quantitative estimate of drug-likeness (QED) is 0.291. The van der Waals surface area contributed by atoms with E-state index < -0.39 is 46.1 Å². The minimum Gasteiger partial charge on any atom is -0.421 e. The Balaban J connectivity index is 4.98. The van der Waals surface area contributed by atoms with Crippen molar-refractivity contribution in [1.82, 2.24) is 0 Å². The topological polar surface area (TPSA) is 124 Å². The average molecular weight is 386 g/mol. The van der Waals surface area contributed by atoms with Crippen LogP contribution in [0.2, 0.25) is 0 Å². The van der Waals surface area contributed by atoms with Crippen molar-refractivity contribution in [3.63, 3.8) is 0 Å². The molecule has 0 radical (unpaired) electrons. The van der Waals surface area contributed by atoms with Gasteiger partial charge in [-0.1, -0.05) is 17.8 Å². The summed E-state index contributed by atoms with van der Waals surface area (Å²) in [7, 11) is -5.10. The largest absolute Gasteiger partial charge is 0.661 e. The second-order valence-corrected chi connectivity index (χ2v) is 5.06. The Bertz CT molecular complexity index is 638. The van der Waals surface area contributed by atoms with Gasteiger partial charge in [-0.15, -0.1) is 17.8 Å². The van der Waals surface area contributed by atoms with E-state index in [0.29, 0.717) is 0 Å². The van der Waals surface area contributed by atoms with Crippen LogP contribution in [0, 0.1) is 35.5 Å². The number of ether oxygens (including phenoxy) is 3. The molecule has 0 aromatic rings. The van der Waals surface area contributed by atoms with E-state index in [-0.39, 0.29) is 0 Å². The van der Waals surface area contributed by atoms with Crippen molar-refractivity contribution in [2.24, 2.45) is 0 Å². The van der Waals surface area contributed by atoms with Gasteiger partial charge in [0.1, 0.15) is 0 Å². The molecule has 140 valence electrons. The number of phosphoric acid groups is 1.